The van der Waals surface area contributed by atoms with Gasteiger partial charge in [-0.3, -0.25) is 0 Å². The summed E-state index contributed by atoms with van der Waals surface area (Å²) in [6.45, 7) is 2.60. The molecule has 22 heavy (non-hydrogen) atoms. The number of ether oxygens (including phenoxy) is 2. The predicted octanol–water partition coefficient (Wildman–Crippen LogP) is 0.00770. The van der Waals surface area contributed by atoms with Crippen molar-refractivity contribution in [3.05, 3.63) is 18.2 Å². The zero-order valence-corrected chi connectivity index (χ0v) is 13.5. The number of hydrogen-bond donors (Lipinski definition) is 1. The highest BCUT2D eigenvalue weighted by Gasteiger charge is 2.29. The molecule has 7 nitrogen and oxygen atoms in total. The maximum Gasteiger partial charge on any atom is 0.243 e. The van der Waals surface area contributed by atoms with Crippen LogP contribution in [0.1, 0.15) is 0 Å². The molecule has 0 amide bonds. The van der Waals surface area contributed by atoms with Crippen LogP contribution in [0.4, 0.5) is 0 Å². The van der Waals surface area contributed by atoms with E-state index in [1.54, 1.807) is 17.0 Å². The van der Waals surface area contributed by atoms with Gasteiger partial charge in [0.2, 0.25) is 10.0 Å². The van der Waals surface area contributed by atoms with Gasteiger partial charge in [-0.05, 0) is 24.4 Å². The second-order valence-electron chi connectivity index (χ2n) is 5.03. The highest BCUT2D eigenvalue weighted by Crippen LogP contribution is 2.33. The van der Waals surface area contributed by atoms with Crippen molar-refractivity contribution in [2.45, 2.75) is 4.90 Å². The number of nitrogens with zero attached hydrogens (tertiary/aromatic N) is 2. The quantitative estimate of drug-likeness (QED) is 0.757. The minimum atomic E-state index is -3.56. The van der Waals surface area contributed by atoms with E-state index in [9.17, 15) is 8.42 Å². The van der Waals surface area contributed by atoms with Crippen LogP contribution in [0.3, 0.4) is 0 Å². The molecule has 0 saturated carbocycles. The maximum atomic E-state index is 12.7. The molecule has 3 rings (SSSR count). The highest BCUT2D eigenvalue weighted by molar-refractivity contribution is 7.89. The second-order valence-corrected chi connectivity index (χ2v) is 7.39. The number of benzene rings is 1. The van der Waals surface area contributed by atoms with Gasteiger partial charge >= 0.3 is 0 Å². The monoisotopic (exact) mass is 343 g/mol. The largest absolute Gasteiger partial charge is 0.486 e. The summed E-state index contributed by atoms with van der Waals surface area (Å²) in [7, 11) is -3.56. The molecular weight excluding hydrogens is 326 g/mol. The van der Waals surface area contributed by atoms with Gasteiger partial charge in [0, 0.05) is 32.2 Å². The second kappa shape index (κ2) is 5.90. The Balaban J connectivity index is 1.80. The number of piperazine rings is 1. The molecule has 0 bridgehead atoms. The Kier molecular flexibility index (Phi) is 4.11. The normalized spacial score (nSPS) is 19.0. The van der Waals surface area contributed by atoms with E-state index in [1.807, 2.05) is 0 Å². The summed E-state index contributed by atoms with van der Waals surface area (Å²) >= 11 is 4.91. The van der Waals surface area contributed by atoms with Crippen molar-refractivity contribution in [2.24, 2.45) is 5.73 Å². The molecule has 0 unspecified atom stereocenters. The van der Waals surface area contributed by atoms with Crippen molar-refractivity contribution in [3.63, 3.8) is 0 Å². The minimum absolute atomic E-state index is 0.209. The van der Waals surface area contributed by atoms with Crippen LogP contribution in [0.25, 0.3) is 0 Å². The van der Waals surface area contributed by atoms with Crippen LogP contribution in [-0.4, -0.2) is 62.1 Å². The van der Waals surface area contributed by atoms with Crippen LogP contribution in [0, 0.1) is 0 Å². The third-order valence-electron chi connectivity index (χ3n) is 3.70. The molecule has 9 heteroatoms. The lowest BCUT2D eigenvalue weighted by atomic mass is 10.3. The molecule has 2 aliphatic rings. The molecule has 0 radical (unpaired) electrons. The van der Waals surface area contributed by atoms with E-state index in [-0.39, 0.29) is 4.90 Å². The summed E-state index contributed by atoms with van der Waals surface area (Å²) in [5.41, 5.74) is 5.57. The van der Waals surface area contributed by atoms with E-state index in [1.165, 1.54) is 10.4 Å². The molecular formula is C13H17N3O4S2. The van der Waals surface area contributed by atoms with Crippen molar-refractivity contribution in [1.82, 2.24) is 9.21 Å². The van der Waals surface area contributed by atoms with Crippen LogP contribution >= 0.6 is 12.2 Å². The first-order chi connectivity index (χ1) is 10.5. The average Bonchev–Trinajstić information content (AvgIpc) is 2.54. The molecule has 1 aromatic carbocycles. The van der Waals surface area contributed by atoms with Gasteiger partial charge in [-0.25, -0.2) is 8.42 Å². The SMILES string of the molecule is NC(=S)N1CCN(S(=O)(=O)c2ccc3c(c2)OCCO3)CC1. The minimum Gasteiger partial charge on any atom is -0.486 e. The molecule has 0 atom stereocenters. The molecule has 2 aliphatic heterocycles. The molecule has 0 aromatic heterocycles. The van der Waals surface area contributed by atoms with Gasteiger partial charge in [0.25, 0.3) is 0 Å². The zero-order chi connectivity index (χ0) is 15.7. The average molecular weight is 343 g/mol. The van der Waals surface area contributed by atoms with Crippen LogP contribution in [0.15, 0.2) is 23.1 Å². The van der Waals surface area contributed by atoms with Crippen molar-refractivity contribution in [1.29, 1.82) is 0 Å². The van der Waals surface area contributed by atoms with Gasteiger partial charge in [0.05, 0.1) is 4.90 Å². The first-order valence-corrected chi connectivity index (χ1v) is 8.77. The molecule has 1 fully saturated rings. The molecule has 0 spiro atoms. The fourth-order valence-electron chi connectivity index (χ4n) is 2.48. The molecule has 1 saturated heterocycles. The number of fused-ring (bicyclic) bond motifs is 1. The van der Waals surface area contributed by atoms with E-state index in [0.29, 0.717) is 56.0 Å². The molecule has 0 aliphatic carbocycles. The lowest BCUT2D eigenvalue weighted by Crippen LogP contribution is -2.51. The number of nitrogens with two attached hydrogens (primary N) is 1. The van der Waals surface area contributed by atoms with Crippen LogP contribution < -0.4 is 15.2 Å². The van der Waals surface area contributed by atoms with Gasteiger partial charge in [-0.15, -0.1) is 0 Å². The standard InChI is InChI=1S/C13H17N3O4S2/c14-13(21)15-3-5-16(6-4-15)22(17,18)10-1-2-11-12(9-10)20-8-7-19-11/h1-2,9H,3-8H2,(H2,14,21). The van der Waals surface area contributed by atoms with Crippen molar-refractivity contribution < 1.29 is 17.9 Å². The predicted molar refractivity (Wildman–Crippen MR) is 84.5 cm³/mol. The highest BCUT2D eigenvalue weighted by atomic mass is 32.2. The lowest BCUT2D eigenvalue weighted by molar-refractivity contribution is 0.171. The molecule has 1 aromatic rings. The smallest absolute Gasteiger partial charge is 0.243 e. The van der Waals surface area contributed by atoms with E-state index < -0.39 is 10.0 Å². The summed E-state index contributed by atoms with van der Waals surface area (Å²) in [4.78, 5) is 2.01. The van der Waals surface area contributed by atoms with Crippen LogP contribution in [-0.2, 0) is 10.0 Å². The van der Waals surface area contributed by atoms with Crippen molar-refractivity contribution >= 4 is 27.4 Å². The number of hydrogen-bond acceptors (Lipinski definition) is 5. The van der Waals surface area contributed by atoms with Gasteiger partial charge in [0.1, 0.15) is 13.2 Å². The van der Waals surface area contributed by atoms with Gasteiger partial charge in [-0.2, -0.15) is 4.31 Å². The zero-order valence-electron chi connectivity index (χ0n) is 11.9. The summed E-state index contributed by atoms with van der Waals surface area (Å²) in [6.07, 6.45) is 0. The molecule has 2 N–H and O–H groups in total. The summed E-state index contributed by atoms with van der Waals surface area (Å²) < 4.78 is 37.7. The Morgan fingerprint density at radius 1 is 1.09 bits per heavy atom. The topological polar surface area (TPSA) is 85.1 Å². The lowest BCUT2D eigenvalue weighted by Gasteiger charge is -2.34. The van der Waals surface area contributed by atoms with Gasteiger partial charge < -0.3 is 20.1 Å². The molecule has 2 heterocycles. The Bertz CT molecular complexity index is 685. The fraction of sp³-hybridized carbons (Fsp3) is 0.462. The van der Waals surface area contributed by atoms with Crippen LogP contribution in [0.5, 0.6) is 11.5 Å². The summed E-state index contributed by atoms with van der Waals surface area (Å²) in [5.74, 6) is 1.04. The third kappa shape index (κ3) is 2.83. The Morgan fingerprint density at radius 2 is 1.73 bits per heavy atom. The summed E-state index contributed by atoms with van der Waals surface area (Å²) in [5, 5.41) is 0.302. The Labute approximate surface area is 134 Å². The third-order valence-corrected chi connectivity index (χ3v) is 5.85. The van der Waals surface area contributed by atoms with E-state index in [2.05, 4.69) is 0 Å². The first kappa shape index (κ1) is 15.3. The van der Waals surface area contributed by atoms with Crippen molar-refractivity contribution in [2.75, 3.05) is 39.4 Å². The molecule has 120 valence electrons. The fourth-order valence-corrected chi connectivity index (χ4v) is 4.10. The van der Waals surface area contributed by atoms with E-state index in [4.69, 9.17) is 27.4 Å². The Hall–Kier alpha value is -1.58. The van der Waals surface area contributed by atoms with E-state index >= 15 is 0 Å². The number of rotatable bonds is 2. The van der Waals surface area contributed by atoms with Crippen molar-refractivity contribution in [3.8, 4) is 11.5 Å². The van der Waals surface area contributed by atoms with Crippen LogP contribution in [0.2, 0.25) is 0 Å². The number of sulfonamides is 1. The van der Waals surface area contributed by atoms with E-state index in [0.717, 1.165) is 0 Å². The Morgan fingerprint density at radius 3 is 2.36 bits per heavy atom. The summed E-state index contributed by atoms with van der Waals surface area (Å²) in [6, 6.07) is 4.69. The number of thiocarbonyl (C=S) groups is 1. The van der Waals surface area contributed by atoms with Gasteiger partial charge in [0.15, 0.2) is 16.6 Å². The maximum absolute atomic E-state index is 12.7. The first-order valence-electron chi connectivity index (χ1n) is 6.92. The van der Waals surface area contributed by atoms with Gasteiger partial charge in [-0.1, -0.05) is 0 Å².